The van der Waals surface area contributed by atoms with Crippen LogP contribution in [0.15, 0.2) is 66.7 Å². The number of hydrogen-bond donors (Lipinski definition) is 2. The number of carbonyl (C=O) groups is 1. The molecule has 0 aliphatic rings. The highest BCUT2D eigenvalue weighted by molar-refractivity contribution is 5.92. The van der Waals surface area contributed by atoms with Crippen molar-refractivity contribution in [3.8, 4) is 5.75 Å². The highest BCUT2D eigenvalue weighted by atomic mass is 19.1. The van der Waals surface area contributed by atoms with Gasteiger partial charge < -0.3 is 10.4 Å². The van der Waals surface area contributed by atoms with Gasteiger partial charge in [0, 0.05) is 11.3 Å². The number of nitrogens with zero attached hydrogens (tertiary/aromatic N) is 1. The molecule has 0 radical (unpaired) electrons. The van der Waals surface area contributed by atoms with Gasteiger partial charge in [0.05, 0.1) is 6.04 Å². The summed E-state index contributed by atoms with van der Waals surface area (Å²) >= 11 is 0. The molecular formula is C20H17FN2O2. The fourth-order valence-electron chi connectivity index (χ4n) is 2.62. The zero-order valence-electron chi connectivity index (χ0n) is 13.6. The number of aromatic hydroxyl groups is 1. The van der Waals surface area contributed by atoms with Gasteiger partial charge in [-0.2, -0.15) is 0 Å². The van der Waals surface area contributed by atoms with E-state index < -0.39 is 17.8 Å². The lowest BCUT2D eigenvalue weighted by molar-refractivity contribution is 0.0937. The Balaban J connectivity index is 2.00. The lowest BCUT2D eigenvalue weighted by Crippen LogP contribution is -2.30. The minimum absolute atomic E-state index is 0.0900. The molecule has 3 rings (SSSR count). The van der Waals surface area contributed by atoms with Crippen molar-refractivity contribution in [3.05, 3.63) is 95.1 Å². The predicted molar refractivity (Wildman–Crippen MR) is 92.8 cm³/mol. The van der Waals surface area contributed by atoms with Crippen LogP contribution in [-0.4, -0.2) is 16.0 Å². The average Bonchev–Trinajstić information content (AvgIpc) is 2.62. The molecular weight excluding hydrogens is 319 g/mol. The Hall–Kier alpha value is -3.21. The summed E-state index contributed by atoms with van der Waals surface area (Å²) in [5, 5.41) is 13.0. The van der Waals surface area contributed by atoms with E-state index in [0.717, 1.165) is 11.3 Å². The summed E-state index contributed by atoms with van der Waals surface area (Å²) in [5.74, 6) is -0.981. The zero-order chi connectivity index (χ0) is 17.8. The number of amides is 1. The Morgan fingerprint density at radius 2 is 1.84 bits per heavy atom. The minimum atomic E-state index is -0.702. The predicted octanol–water partition coefficient (Wildman–Crippen LogP) is 3.75. The van der Waals surface area contributed by atoms with Crippen LogP contribution in [0.3, 0.4) is 0 Å². The van der Waals surface area contributed by atoms with Crippen molar-refractivity contribution in [2.45, 2.75) is 13.0 Å². The highest BCUT2D eigenvalue weighted by Gasteiger charge is 2.21. The summed E-state index contributed by atoms with van der Waals surface area (Å²) in [6.07, 6.45) is 0. The van der Waals surface area contributed by atoms with Gasteiger partial charge in [-0.3, -0.25) is 4.79 Å². The van der Waals surface area contributed by atoms with E-state index in [4.69, 9.17) is 0 Å². The first kappa shape index (κ1) is 16.6. The number of pyridine rings is 1. The lowest BCUT2D eigenvalue weighted by Gasteiger charge is -2.21. The van der Waals surface area contributed by atoms with Crippen LogP contribution in [-0.2, 0) is 0 Å². The van der Waals surface area contributed by atoms with Gasteiger partial charge in [0.1, 0.15) is 17.3 Å². The van der Waals surface area contributed by atoms with Gasteiger partial charge in [0.25, 0.3) is 5.91 Å². The van der Waals surface area contributed by atoms with Crippen LogP contribution in [0.25, 0.3) is 0 Å². The van der Waals surface area contributed by atoms with E-state index in [1.54, 1.807) is 37.3 Å². The maximum atomic E-state index is 13.7. The molecule has 5 heteroatoms. The van der Waals surface area contributed by atoms with Gasteiger partial charge in [-0.25, -0.2) is 9.37 Å². The number of nitrogens with one attached hydrogen (secondary N) is 1. The van der Waals surface area contributed by atoms with Crippen molar-refractivity contribution in [2.24, 2.45) is 0 Å². The average molecular weight is 336 g/mol. The van der Waals surface area contributed by atoms with Crippen LogP contribution < -0.4 is 5.32 Å². The fraction of sp³-hybridized carbons (Fsp3) is 0.100. The molecule has 25 heavy (non-hydrogen) atoms. The molecule has 4 nitrogen and oxygen atoms in total. The number of phenolic OH excluding ortho intramolecular Hbond substituents is 1. The number of aromatic nitrogens is 1. The summed E-state index contributed by atoms with van der Waals surface area (Å²) in [4.78, 5) is 16.8. The SMILES string of the molecule is Cc1cccc(C(=O)N[C@H](c2ccccc2)c2cc(F)ccc2O)n1. The van der Waals surface area contributed by atoms with E-state index >= 15 is 0 Å². The molecule has 1 amide bonds. The number of benzene rings is 2. The second-order valence-corrected chi connectivity index (χ2v) is 5.68. The van der Waals surface area contributed by atoms with Crippen molar-refractivity contribution < 1.29 is 14.3 Å². The smallest absolute Gasteiger partial charge is 0.270 e. The van der Waals surface area contributed by atoms with Gasteiger partial charge >= 0.3 is 0 Å². The second kappa shape index (κ2) is 7.13. The van der Waals surface area contributed by atoms with E-state index in [-0.39, 0.29) is 17.0 Å². The van der Waals surface area contributed by atoms with Gasteiger partial charge in [-0.1, -0.05) is 36.4 Å². The molecule has 0 fully saturated rings. The standard InChI is InChI=1S/C20H17FN2O2/c1-13-6-5-9-17(22-13)20(25)23-19(14-7-3-2-4-8-14)16-12-15(21)10-11-18(16)24/h2-12,19,24H,1H3,(H,23,25)/t19-/m1/s1. The molecule has 1 atom stereocenters. The van der Waals surface area contributed by atoms with Crippen molar-refractivity contribution in [1.82, 2.24) is 10.3 Å². The van der Waals surface area contributed by atoms with Crippen molar-refractivity contribution in [2.75, 3.05) is 0 Å². The maximum absolute atomic E-state index is 13.7. The Morgan fingerprint density at radius 3 is 2.56 bits per heavy atom. The third kappa shape index (κ3) is 3.83. The van der Waals surface area contributed by atoms with E-state index in [1.807, 2.05) is 18.2 Å². The van der Waals surface area contributed by atoms with Crippen LogP contribution >= 0.6 is 0 Å². The molecule has 0 saturated carbocycles. The Morgan fingerprint density at radius 1 is 1.08 bits per heavy atom. The molecule has 2 aromatic carbocycles. The normalized spacial score (nSPS) is 11.8. The summed E-state index contributed by atoms with van der Waals surface area (Å²) in [6.45, 7) is 1.80. The summed E-state index contributed by atoms with van der Waals surface area (Å²) in [5.41, 5.74) is 1.99. The number of hydrogen-bond acceptors (Lipinski definition) is 3. The molecule has 0 spiro atoms. The molecule has 0 aliphatic carbocycles. The lowest BCUT2D eigenvalue weighted by atomic mass is 9.97. The van der Waals surface area contributed by atoms with Gasteiger partial charge in [-0.15, -0.1) is 0 Å². The third-order valence-corrected chi connectivity index (χ3v) is 3.83. The first-order valence-electron chi connectivity index (χ1n) is 7.82. The monoisotopic (exact) mass is 336 g/mol. The largest absolute Gasteiger partial charge is 0.508 e. The van der Waals surface area contributed by atoms with Crippen LogP contribution in [0.2, 0.25) is 0 Å². The molecule has 0 saturated heterocycles. The maximum Gasteiger partial charge on any atom is 0.270 e. The van der Waals surface area contributed by atoms with Crippen molar-refractivity contribution in [3.63, 3.8) is 0 Å². The Labute approximate surface area is 145 Å². The van der Waals surface area contributed by atoms with E-state index in [1.165, 1.54) is 18.2 Å². The topological polar surface area (TPSA) is 62.2 Å². The van der Waals surface area contributed by atoms with E-state index in [9.17, 15) is 14.3 Å². The van der Waals surface area contributed by atoms with Crippen LogP contribution in [0.1, 0.15) is 33.4 Å². The summed E-state index contributed by atoms with van der Waals surface area (Å²) in [7, 11) is 0. The molecule has 3 aromatic rings. The van der Waals surface area contributed by atoms with Crippen LogP contribution in [0.5, 0.6) is 5.75 Å². The third-order valence-electron chi connectivity index (χ3n) is 3.83. The zero-order valence-corrected chi connectivity index (χ0v) is 13.6. The summed E-state index contributed by atoms with van der Waals surface area (Å²) < 4.78 is 13.7. The molecule has 1 aromatic heterocycles. The Bertz CT molecular complexity index is 897. The number of rotatable bonds is 4. The van der Waals surface area contributed by atoms with Crippen LogP contribution in [0, 0.1) is 12.7 Å². The first-order valence-corrected chi connectivity index (χ1v) is 7.82. The number of carbonyl (C=O) groups excluding carboxylic acids is 1. The quantitative estimate of drug-likeness (QED) is 0.763. The molecule has 1 heterocycles. The van der Waals surface area contributed by atoms with Crippen molar-refractivity contribution in [1.29, 1.82) is 0 Å². The number of halogens is 1. The first-order chi connectivity index (χ1) is 12.0. The minimum Gasteiger partial charge on any atom is -0.508 e. The van der Waals surface area contributed by atoms with Crippen LogP contribution in [0.4, 0.5) is 4.39 Å². The second-order valence-electron chi connectivity index (χ2n) is 5.68. The van der Waals surface area contributed by atoms with Crippen molar-refractivity contribution >= 4 is 5.91 Å². The fourth-order valence-corrected chi connectivity index (χ4v) is 2.62. The molecule has 126 valence electrons. The molecule has 0 bridgehead atoms. The number of phenols is 1. The van der Waals surface area contributed by atoms with Gasteiger partial charge in [-0.05, 0) is 42.8 Å². The van der Waals surface area contributed by atoms with Gasteiger partial charge in [0.15, 0.2) is 0 Å². The molecule has 2 N–H and O–H groups in total. The Kier molecular flexibility index (Phi) is 4.75. The van der Waals surface area contributed by atoms with Gasteiger partial charge in [0.2, 0.25) is 0 Å². The summed E-state index contributed by atoms with van der Waals surface area (Å²) in [6, 6.07) is 17.2. The molecule has 0 aliphatic heterocycles. The molecule has 0 unspecified atom stereocenters. The van der Waals surface area contributed by atoms with E-state index in [2.05, 4.69) is 10.3 Å². The highest BCUT2D eigenvalue weighted by Crippen LogP contribution is 2.30. The van der Waals surface area contributed by atoms with E-state index in [0.29, 0.717) is 0 Å². The number of aryl methyl sites for hydroxylation is 1.